The molecule has 7 heteroatoms. The molecule has 2 fully saturated rings. The smallest absolute Gasteiger partial charge is 0.319 e. The van der Waals surface area contributed by atoms with Crippen molar-refractivity contribution in [2.45, 2.75) is 63.5 Å². The van der Waals surface area contributed by atoms with Crippen molar-refractivity contribution in [1.82, 2.24) is 15.1 Å². The second-order valence-electron chi connectivity index (χ2n) is 10.4. The average molecular weight is 488 g/mol. The van der Waals surface area contributed by atoms with Crippen LogP contribution in [0.1, 0.15) is 71.5 Å². The molecule has 1 saturated heterocycles. The van der Waals surface area contributed by atoms with Gasteiger partial charge in [0.25, 0.3) is 5.91 Å². The molecule has 2 aliphatic rings. The number of urea groups is 1. The lowest BCUT2D eigenvalue weighted by Gasteiger charge is -2.33. The Kier molecular flexibility index (Phi) is 8.27. The highest BCUT2D eigenvalue weighted by Gasteiger charge is 2.26. The molecule has 2 aromatic rings. The Morgan fingerprint density at radius 2 is 1.64 bits per heavy atom. The van der Waals surface area contributed by atoms with Gasteiger partial charge in [0.05, 0.1) is 11.6 Å². The third kappa shape index (κ3) is 6.24. The van der Waals surface area contributed by atoms with Crippen molar-refractivity contribution < 1.29 is 9.59 Å². The number of nitrogens with one attached hydrogen (secondary N) is 2. The lowest BCUT2D eigenvalue weighted by atomic mass is 9.89. The monoisotopic (exact) mass is 487 g/mol. The minimum atomic E-state index is -0.209. The van der Waals surface area contributed by atoms with Crippen LogP contribution in [-0.4, -0.2) is 61.0 Å². The molecule has 2 N–H and O–H groups in total. The van der Waals surface area contributed by atoms with Gasteiger partial charge in [0.15, 0.2) is 0 Å². The zero-order chi connectivity index (χ0) is 25.7. The van der Waals surface area contributed by atoms with E-state index in [9.17, 15) is 9.59 Å². The summed E-state index contributed by atoms with van der Waals surface area (Å²) in [5, 5.41) is 15.1. The van der Waals surface area contributed by atoms with Gasteiger partial charge in [-0.1, -0.05) is 18.2 Å². The Morgan fingerprint density at radius 3 is 2.25 bits per heavy atom. The highest BCUT2D eigenvalue weighted by atomic mass is 16.2. The van der Waals surface area contributed by atoms with E-state index in [0.29, 0.717) is 41.9 Å². The Bertz CT molecular complexity index is 1110. The van der Waals surface area contributed by atoms with Crippen LogP contribution in [0.3, 0.4) is 0 Å². The molecule has 1 heterocycles. The molecular formula is C29H37N5O2. The predicted octanol–water partition coefficient (Wildman–Crippen LogP) is 4.88. The number of nitriles is 1. The number of hydrogen-bond acceptors (Lipinski definition) is 4. The van der Waals surface area contributed by atoms with E-state index in [-0.39, 0.29) is 18.0 Å². The minimum absolute atomic E-state index is 0.00116. The molecule has 0 unspecified atom stereocenters. The van der Waals surface area contributed by atoms with Gasteiger partial charge in [-0.2, -0.15) is 5.26 Å². The lowest BCUT2D eigenvalue weighted by molar-refractivity contribution is 0.0713. The van der Waals surface area contributed by atoms with Gasteiger partial charge in [-0.3, -0.25) is 4.79 Å². The topological polar surface area (TPSA) is 88.5 Å². The van der Waals surface area contributed by atoms with E-state index in [4.69, 9.17) is 5.26 Å². The second-order valence-corrected chi connectivity index (χ2v) is 10.4. The maximum atomic E-state index is 13.2. The number of hydrogen-bond donors (Lipinski definition) is 2. The summed E-state index contributed by atoms with van der Waals surface area (Å²) >= 11 is 0. The van der Waals surface area contributed by atoms with E-state index in [1.54, 1.807) is 6.07 Å². The number of piperidine rings is 1. The summed E-state index contributed by atoms with van der Waals surface area (Å²) in [6.45, 7) is 3.32. The highest BCUT2D eigenvalue weighted by molar-refractivity contribution is 5.97. The number of aryl methyl sites for hydroxylation is 1. The minimum Gasteiger partial charge on any atom is -0.339 e. The van der Waals surface area contributed by atoms with Gasteiger partial charge in [0.1, 0.15) is 0 Å². The third-order valence-electron chi connectivity index (χ3n) is 7.79. The molecule has 36 heavy (non-hydrogen) atoms. The zero-order valence-electron chi connectivity index (χ0n) is 21.6. The fourth-order valence-corrected chi connectivity index (χ4v) is 5.40. The van der Waals surface area contributed by atoms with E-state index in [1.807, 2.05) is 48.2 Å². The fourth-order valence-electron chi connectivity index (χ4n) is 5.40. The number of rotatable bonds is 5. The first kappa shape index (κ1) is 25.7. The molecule has 1 saturated carbocycles. The lowest BCUT2D eigenvalue weighted by Crippen LogP contribution is -2.43. The van der Waals surface area contributed by atoms with Gasteiger partial charge in [-0.15, -0.1) is 0 Å². The van der Waals surface area contributed by atoms with E-state index >= 15 is 0 Å². The Labute approximate surface area is 214 Å². The van der Waals surface area contributed by atoms with E-state index in [0.717, 1.165) is 44.1 Å². The summed E-state index contributed by atoms with van der Waals surface area (Å²) < 4.78 is 0. The third-order valence-corrected chi connectivity index (χ3v) is 7.79. The maximum absolute atomic E-state index is 13.2. The van der Waals surface area contributed by atoms with Gasteiger partial charge < -0.3 is 20.4 Å². The molecule has 3 amide bonds. The summed E-state index contributed by atoms with van der Waals surface area (Å²) in [5.41, 5.74) is 4.09. The van der Waals surface area contributed by atoms with Gasteiger partial charge >= 0.3 is 6.03 Å². The molecule has 0 atom stereocenters. The Morgan fingerprint density at radius 1 is 0.972 bits per heavy atom. The summed E-state index contributed by atoms with van der Waals surface area (Å²) in [6.07, 6.45) is 5.92. The number of carbonyl (C=O) groups excluding carboxylic acids is 2. The van der Waals surface area contributed by atoms with E-state index in [2.05, 4.69) is 35.7 Å². The first-order valence-corrected chi connectivity index (χ1v) is 13.0. The van der Waals surface area contributed by atoms with E-state index < -0.39 is 0 Å². The van der Waals surface area contributed by atoms with Gasteiger partial charge in [-0.25, -0.2) is 4.79 Å². The Balaban J connectivity index is 1.31. The van der Waals surface area contributed by atoms with Crippen LogP contribution in [0.15, 0.2) is 42.5 Å². The number of amides is 3. The van der Waals surface area contributed by atoms with Gasteiger partial charge in [0.2, 0.25) is 0 Å². The van der Waals surface area contributed by atoms with Crippen LogP contribution in [0.4, 0.5) is 10.5 Å². The predicted molar refractivity (Wildman–Crippen MR) is 142 cm³/mol. The number of likely N-dealkylation sites (tertiary alicyclic amines) is 1. The second kappa shape index (κ2) is 11.6. The summed E-state index contributed by atoms with van der Waals surface area (Å²) in [5.74, 6) is 0.396. The summed E-state index contributed by atoms with van der Waals surface area (Å²) in [7, 11) is 4.22. The van der Waals surface area contributed by atoms with Crippen molar-refractivity contribution in [1.29, 1.82) is 5.26 Å². The summed E-state index contributed by atoms with van der Waals surface area (Å²) in [4.78, 5) is 30.1. The molecule has 0 radical (unpaired) electrons. The van der Waals surface area contributed by atoms with Crippen molar-refractivity contribution in [3.05, 3.63) is 64.7 Å². The number of carbonyl (C=O) groups is 2. The molecule has 0 aromatic heterocycles. The van der Waals surface area contributed by atoms with Crippen molar-refractivity contribution in [3.63, 3.8) is 0 Å². The van der Waals surface area contributed by atoms with Crippen LogP contribution >= 0.6 is 0 Å². The van der Waals surface area contributed by atoms with Crippen LogP contribution in [0.25, 0.3) is 0 Å². The summed E-state index contributed by atoms with van der Waals surface area (Å²) in [6, 6.07) is 16.0. The average Bonchev–Trinajstić information content (AvgIpc) is 2.90. The largest absolute Gasteiger partial charge is 0.339 e. The molecule has 1 aliphatic carbocycles. The van der Waals surface area contributed by atoms with Crippen LogP contribution in [0.2, 0.25) is 0 Å². The van der Waals surface area contributed by atoms with Crippen molar-refractivity contribution in [3.8, 4) is 6.07 Å². The molecule has 4 rings (SSSR count). The fraction of sp³-hybridized carbons (Fsp3) is 0.483. The van der Waals surface area contributed by atoms with Crippen molar-refractivity contribution >= 4 is 17.6 Å². The quantitative estimate of drug-likeness (QED) is 0.629. The first-order valence-electron chi connectivity index (χ1n) is 13.0. The maximum Gasteiger partial charge on any atom is 0.319 e. The molecule has 1 aliphatic heterocycles. The molecule has 0 bridgehead atoms. The number of benzene rings is 2. The highest BCUT2D eigenvalue weighted by Crippen LogP contribution is 2.29. The van der Waals surface area contributed by atoms with Crippen molar-refractivity contribution in [2.24, 2.45) is 0 Å². The molecule has 190 valence electrons. The molecule has 7 nitrogen and oxygen atoms in total. The zero-order valence-corrected chi connectivity index (χ0v) is 21.6. The molecule has 2 aromatic carbocycles. The van der Waals surface area contributed by atoms with Crippen molar-refractivity contribution in [2.75, 3.05) is 32.5 Å². The first-order chi connectivity index (χ1) is 17.3. The number of anilines is 1. The normalized spacial score (nSPS) is 20.6. The van der Waals surface area contributed by atoms with E-state index in [1.165, 1.54) is 5.56 Å². The standard InChI is InChI=1S/C29H37N5O2/c1-20-4-7-24(18-27(20)32-29(36)31-25-10-12-26(13-11-25)33(2)3)28(35)34-16-14-23(15-17-34)22-8-5-21(19-30)6-9-22/h4-9,18,23,25-26H,10-17H2,1-3H3,(H2,31,32,36). The Hall–Kier alpha value is -3.37. The molecular weight excluding hydrogens is 450 g/mol. The van der Waals surface area contributed by atoms with Crippen LogP contribution in [0.5, 0.6) is 0 Å². The van der Waals surface area contributed by atoms with Crippen LogP contribution < -0.4 is 10.6 Å². The van der Waals surface area contributed by atoms with Crippen LogP contribution in [-0.2, 0) is 0 Å². The van der Waals surface area contributed by atoms with Crippen LogP contribution in [0, 0.1) is 18.3 Å². The van der Waals surface area contributed by atoms with Gasteiger partial charge in [0, 0.05) is 36.4 Å². The van der Waals surface area contributed by atoms with Gasteiger partial charge in [-0.05, 0) is 101 Å². The molecule has 0 spiro atoms. The number of nitrogens with zero attached hydrogens (tertiary/aromatic N) is 3. The SMILES string of the molecule is Cc1ccc(C(=O)N2CCC(c3ccc(C#N)cc3)CC2)cc1NC(=O)NC1CCC(N(C)C)CC1.